The van der Waals surface area contributed by atoms with Crippen LogP contribution in [0.3, 0.4) is 0 Å². The molecule has 0 atom stereocenters. The van der Waals surface area contributed by atoms with E-state index >= 15 is 0 Å². The van der Waals surface area contributed by atoms with Crippen LogP contribution in [0.1, 0.15) is 25.0 Å². The summed E-state index contributed by atoms with van der Waals surface area (Å²) >= 11 is 0. The van der Waals surface area contributed by atoms with Crippen molar-refractivity contribution < 1.29 is 22.1 Å². The van der Waals surface area contributed by atoms with Crippen molar-refractivity contribution in [2.75, 3.05) is 0 Å². The van der Waals surface area contributed by atoms with Gasteiger partial charge < -0.3 is 35.8 Å². The highest BCUT2D eigenvalue weighted by Crippen LogP contribution is 2.54. The predicted molar refractivity (Wildman–Crippen MR) is 545 cm³/mol. The van der Waals surface area contributed by atoms with Gasteiger partial charge in [-0.2, -0.15) is 0 Å². The lowest BCUT2D eigenvalue weighted by atomic mass is 9.82. The Kier molecular flexibility index (Phi) is 15.6. The van der Waals surface area contributed by atoms with Crippen molar-refractivity contribution >= 4 is 207 Å². The van der Waals surface area contributed by atoms with Crippen LogP contribution >= 0.6 is 0 Å². The number of benzene rings is 21. The molecule has 8 nitrogen and oxygen atoms in total. The second kappa shape index (κ2) is 27.9. The van der Waals surface area contributed by atoms with E-state index in [1.165, 1.54) is 115 Å². The van der Waals surface area contributed by atoms with Crippen LogP contribution in [-0.2, 0) is 5.41 Å². The van der Waals surface area contributed by atoms with Crippen LogP contribution in [0.2, 0.25) is 0 Å². The maximum atomic E-state index is 6.70. The molecular formula is C123H75N3O5. The Hall–Kier alpha value is -17.2. The van der Waals surface area contributed by atoms with E-state index in [1.54, 1.807) is 0 Å². The lowest BCUT2D eigenvalue weighted by Crippen LogP contribution is -2.14. The Morgan fingerprint density at radius 2 is 0.588 bits per heavy atom. The maximum Gasteiger partial charge on any atom is 0.160 e. The second-order valence-corrected chi connectivity index (χ2v) is 35.5. The highest BCUT2D eigenvalue weighted by Gasteiger charge is 2.37. The zero-order valence-electron chi connectivity index (χ0n) is 71.2. The molecule has 131 heavy (non-hydrogen) atoms. The molecule has 29 aromatic rings. The van der Waals surface area contributed by atoms with E-state index in [-0.39, 0.29) is 5.41 Å². The fourth-order valence-corrected chi connectivity index (χ4v) is 22.2. The molecule has 8 aromatic heterocycles. The quantitative estimate of drug-likeness (QED) is 0.166. The van der Waals surface area contributed by atoms with Crippen molar-refractivity contribution in [3.8, 4) is 61.6 Å². The highest BCUT2D eigenvalue weighted by atomic mass is 16.3. The van der Waals surface area contributed by atoms with E-state index < -0.39 is 0 Å². The van der Waals surface area contributed by atoms with Crippen molar-refractivity contribution in [1.29, 1.82) is 0 Å². The second-order valence-electron chi connectivity index (χ2n) is 35.5. The van der Waals surface area contributed by atoms with Gasteiger partial charge in [0.2, 0.25) is 0 Å². The molecule has 0 aliphatic heterocycles. The number of para-hydroxylation sites is 8. The zero-order valence-corrected chi connectivity index (χ0v) is 71.2. The van der Waals surface area contributed by atoms with Crippen molar-refractivity contribution in [3.05, 3.63) is 430 Å². The molecule has 30 rings (SSSR count). The SMILES string of the molecule is CC1(C)c2ccccc2-c2c(-c3ccc(-n4c5cc6ccccc6cc5c5cc6oc7ccccc7c6cc54)cc3)cccc21.c1ccc2c(c1)oc1c(-c3ccc(-n4c5ccccc5c5c6ccccc6c6c7ccccc7oc6c54)cc3)cccc12.c1ccc2c(c1)oc1cc(-c3ccc(-n4c5ccccc5c5c6oc7ccccc7c6c6ccccc6c54)cc3)ccc12. The van der Waals surface area contributed by atoms with Gasteiger partial charge in [-0.3, -0.25) is 0 Å². The van der Waals surface area contributed by atoms with Gasteiger partial charge in [0.1, 0.15) is 50.2 Å². The van der Waals surface area contributed by atoms with Crippen LogP contribution < -0.4 is 0 Å². The van der Waals surface area contributed by atoms with E-state index in [2.05, 4.69) is 404 Å². The number of hydrogen-bond acceptors (Lipinski definition) is 5. The number of hydrogen-bond donors (Lipinski definition) is 0. The summed E-state index contributed by atoms with van der Waals surface area (Å²) in [4.78, 5) is 0. The minimum absolute atomic E-state index is 0.0176. The standard InChI is InChI=1S/C43H29NO.2C40H23NO2/c1-43(2)36-15-7-5-13-32(36)42-30(14-9-16-37(42)43)26-18-20-29(21-19-26)44-38-23-28-11-4-3-10-27(28)22-33(38)34-25-41-35(24-39(34)44)31-12-6-8-17-40(31)45-41;1-2-12-29-28(11-1)36-31-13-3-6-17-33(31)41(38(36)40-37(29)32-14-5-8-19-35(32)43-40)25-22-20-24(21-23-25)26-15-9-16-30-27-10-4-7-18-34(27)42-39(26)30;1-2-11-30-29(10-1)37-32-13-5-8-16-35(32)43-40(37)38-31-12-3-6-14-33(31)41(39(30)38)26-20-17-24(18-21-26)25-19-22-28-27-9-4-7-15-34(27)42-36(28)23-25/h3-25H,1-2H3;2*1-23H. The van der Waals surface area contributed by atoms with Gasteiger partial charge in [0.25, 0.3) is 0 Å². The van der Waals surface area contributed by atoms with Crippen molar-refractivity contribution in [3.63, 3.8) is 0 Å². The van der Waals surface area contributed by atoms with Gasteiger partial charge in [-0.1, -0.05) is 317 Å². The average molecular weight is 1670 g/mol. The fourth-order valence-electron chi connectivity index (χ4n) is 22.2. The molecule has 0 bridgehead atoms. The normalized spacial score (nSPS) is 12.7. The molecular weight excluding hydrogens is 1600 g/mol. The summed E-state index contributed by atoms with van der Waals surface area (Å²) < 4.78 is 39.4. The van der Waals surface area contributed by atoms with Crippen molar-refractivity contribution in [1.82, 2.24) is 13.7 Å². The molecule has 0 saturated heterocycles. The maximum absolute atomic E-state index is 6.70. The summed E-state index contributed by atoms with van der Waals surface area (Å²) in [7, 11) is 0. The first-order chi connectivity index (χ1) is 64.7. The molecule has 612 valence electrons. The summed E-state index contributed by atoms with van der Waals surface area (Å²) in [6, 6.07) is 150. The first-order valence-corrected chi connectivity index (χ1v) is 44.9. The Labute approximate surface area is 748 Å². The molecule has 0 fully saturated rings. The minimum Gasteiger partial charge on any atom is -0.456 e. The predicted octanol–water partition coefficient (Wildman–Crippen LogP) is 34.6. The highest BCUT2D eigenvalue weighted by molar-refractivity contribution is 6.37. The van der Waals surface area contributed by atoms with Gasteiger partial charge in [-0.05, 0) is 192 Å². The van der Waals surface area contributed by atoms with Crippen LogP contribution in [0.4, 0.5) is 0 Å². The molecule has 0 saturated carbocycles. The molecule has 0 unspecified atom stereocenters. The molecule has 1 aliphatic carbocycles. The Morgan fingerprint density at radius 3 is 1.24 bits per heavy atom. The number of furan rings is 5. The van der Waals surface area contributed by atoms with Crippen LogP contribution in [0.15, 0.2) is 441 Å². The summed E-state index contributed by atoms with van der Waals surface area (Å²) in [6.07, 6.45) is 0. The van der Waals surface area contributed by atoms with E-state index in [0.717, 1.165) is 166 Å². The Bertz CT molecular complexity index is 9910. The van der Waals surface area contributed by atoms with Crippen LogP contribution in [-0.4, -0.2) is 13.7 Å². The van der Waals surface area contributed by atoms with Gasteiger partial charge in [0.15, 0.2) is 5.58 Å². The molecule has 8 heteroatoms. The first kappa shape index (κ1) is 73.0. The van der Waals surface area contributed by atoms with Crippen LogP contribution in [0.25, 0.3) is 269 Å². The molecule has 21 aromatic carbocycles. The largest absolute Gasteiger partial charge is 0.456 e. The van der Waals surface area contributed by atoms with E-state index in [0.29, 0.717) is 0 Å². The van der Waals surface area contributed by atoms with E-state index in [9.17, 15) is 0 Å². The number of rotatable bonds is 6. The Balaban J connectivity index is 0.0000000986. The van der Waals surface area contributed by atoms with Crippen molar-refractivity contribution in [2.24, 2.45) is 0 Å². The summed E-state index contributed by atoms with van der Waals surface area (Å²) in [5.74, 6) is 0. The number of aromatic nitrogens is 3. The third-order valence-electron chi connectivity index (χ3n) is 28.2. The molecule has 8 heterocycles. The molecule has 1 aliphatic rings. The van der Waals surface area contributed by atoms with Gasteiger partial charge >= 0.3 is 0 Å². The van der Waals surface area contributed by atoms with E-state index in [1.807, 2.05) is 42.5 Å². The zero-order chi connectivity index (χ0) is 86.0. The van der Waals surface area contributed by atoms with Gasteiger partial charge in [0.05, 0.1) is 38.5 Å². The summed E-state index contributed by atoms with van der Waals surface area (Å²) in [5.41, 5.74) is 32.0. The topological polar surface area (TPSA) is 80.5 Å². The smallest absolute Gasteiger partial charge is 0.160 e. The Morgan fingerprint density at radius 1 is 0.191 bits per heavy atom. The number of nitrogens with zero attached hydrogens (tertiary/aromatic N) is 3. The average Bonchev–Trinajstić information content (AvgIpc) is 1.56. The molecule has 0 amide bonds. The van der Waals surface area contributed by atoms with Crippen LogP contribution in [0, 0.1) is 0 Å². The molecule has 0 radical (unpaired) electrons. The van der Waals surface area contributed by atoms with Gasteiger partial charge in [-0.15, -0.1) is 0 Å². The van der Waals surface area contributed by atoms with E-state index in [4.69, 9.17) is 22.1 Å². The monoisotopic (exact) mass is 1670 g/mol. The summed E-state index contributed by atoms with van der Waals surface area (Å²) in [5, 5.41) is 26.0. The van der Waals surface area contributed by atoms with Crippen LogP contribution in [0.5, 0.6) is 0 Å². The van der Waals surface area contributed by atoms with Gasteiger partial charge in [-0.25, -0.2) is 0 Å². The van der Waals surface area contributed by atoms with Crippen molar-refractivity contribution in [2.45, 2.75) is 19.3 Å². The third kappa shape index (κ3) is 10.8. The lowest BCUT2D eigenvalue weighted by Gasteiger charge is -2.21. The molecule has 0 spiro atoms. The third-order valence-corrected chi connectivity index (χ3v) is 28.2. The fraction of sp³-hybridized carbons (Fsp3) is 0.0244. The minimum atomic E-state index is -0.0176. The first-order valence-electron chi connectivity index (χ1n) is 44.9. The van der Waals surface area contributed by atoms with Gasteiger partial charge in [0, 0.05) is 114 Å². The lowest BCUT2D eigenvalue weighted by molar-refractivity contribution is 0.660. The summed E-state index contributed by atoms with van der Waals surface area (Å²) in [6.45, 7) is 4.69. The molecule has 0 N–H and O–H groups in total. The number of fused-ring (bicyclic) bond motifs is 36.